The van der Waals surface area contributed by atoms with Gasteiger partial charge in [0.1, 0.15) is 0 Å². The van der Waals surface area contributed by atoms with Crippen LogP contribution in [0.25, 0.3) is 0 Å². The van der Waals surface area contributed by atoms with Gasteiger partial charge in [-0.25, -0.2) is 0 Å². The summed E-state index contributed by atoms with van der Waals surface area (Å²) < 4.78 is 5.26. The SMILES string of the molecule is CCC(C)CC(=O)NCC(N)N1CCOCC1. The van der Waals surface area contributed by atoms with Crippen molar-refractivity contribution in [2.75, 3.05) is 32.8 Å². The molecule has 0 aromatic heterocycles. The van der Waals surface area contributed by atoms with Crippen LogP contribution in [0.2, 0.25) is 0 Å². The second-order valence-corrected chi connectivity index (χ2v) is 4.74. The first-order valence-corrected chi connectivity index (χ1v) is 6.47. The summed E-state index contributed by atoms with van der Waals surface area (Å²) in [5.74, 6) is 0.540. The number of hydrogen-bond donors (Lipinski definition) is 2. The van der Waals surface area contributed by atoms with E-state index in [0.29, 0.717) is 18.9 Å². The minimum atomic E-state index is -0.0974. The molecule has 1 heterocycles. The lowest BCUT2D eigenvalue weighted by atomic mass is 10.1. The highest BCUT2D eigenvalue weighted by molar-refractivity contribution is 5.76. The third-order valence-corrected chi connectivity index (χ3v) is 3.25. The van der Waals surface area contributed by atoms with Crippen LogP contribution in [0.3, 0.4) is 0 Å². The molecule has 17 heavy (non-hydrogen) atoms. The zero-order chi connectivity index (χ0) is 12.7. The van der Waals surface area contributed by atoms with Gasteiger partial charge in [-0.15, -0.1) is 0 Å². The van der Waals surface area contributed by atoms with Crippen molar-refractivity contribution in [2.45, 2.75) is 32.9 Å². The fourth-order valence-electron chi connectivity index (χ4n) is 1.79. The van der Waals surface area contributed by atoms with Gasteiger partial charge < -0.3 is 15.8 Å². The minimum absolute atomic E-state index is 0.0974. The average Bonchev–Trinajstić information content (AvgIpc) is 2.36. The normalized spacial score (nSPS) is 20.9. The lowest BCUT2D eigenvalue weighted by Crippen LogP contribution is -2.53. The fraction of sp³-hybridized carbons (Fsp3) is 0.917. The standard InChI is InChI=1S/C12H25N3O2/c1-3-10(2)8-12(16)14-9-11(13)15-4-6-17-7-5-15/h10-11H,3-9,13H2,1-2H3,(H,14,16). The molecule has 0 aliphatic carbocycles. The Morgan fingerprint density at radius 2 is 2.12 bits per heavy atom. The van der Waals surface area contributed by atoms with Crippen molar-refractivity contribution in [3.63, 3.8) is 0 Å². The molecule has 3 N–H and O–H groups in total. The van der Waals surface area contributed by atoms with Crippen molar-refractivity contribution in [3.8, 4) is 0 Å². The number of nitrogens with two attached hydrogens (primary N) is 1. The number of morpholine rings is 1. The first kappa shape index (κ1) is 14.4. The first-order chi connectivity index (χ1) is 8.13. The maximum Gasteiger partial charge on any atom is 0.220 e. The average molecular weight is 243 g/mol. The van der Waals surface area contributed by atoms with Crippen molar-refractivity contribution in [3.05, 3.63) is 0 Å². The number of hydrogen-bond acceptors (Lipinski definition) is 4. The van der Waals surface area contributed by atoms with Gasteiger partial charge in [0.15, 0.2) is 0 Å². The van der Waals surface area contributed by atoms with Gasteiger partial charge in [0.25, 0.3) is 0 Å². The molecule has 1 aliphatic rings. The molecule has 0 aromatic carbocycles. The number of nitrogens with zero attached hydrogens (tertiary/aromatic N) is 1. The molecule has 0 spiro atoms. The van der Waals surface area contributed by atoms with Gasteiger partial charge >= 0.3 is 0 Å². The Kier molecular flexibility index (Phi) is 6.47. The Morgan fingerprint density at radius 3 is 2.71 bits per heavy atom. The summed E-state index contributed by atoms with van der Waals surface area (Å²) in [5.41, 5.74) is 6.02. The van der Waals surface area contributed by atoms with E-state index in [9.17, 15) is 4.79 Å². The molecule has 0 bridgehead atoms. The molecule has 1 amide bonds. The summed E-state index contributed by atoms with van der Waals surface area (Å²) in [7, 11) is 0. The number of carbonyl (C=O) groups is 1. The predicted octanol–water partition coefficient (Wildman–Crippen LogP) is 0.156. The highest BCUT2D eigenvalue weighted by atomic mass is 16.5. The van der Waals surface area contributed by atoms with E-state index in [1.165, 1.54) is 0 Å². The van der Waals surface area contributed by atoms with Crippen molar-refractivity contribution < 1.29 is 9.53 Å². The Hall–Kier alpha value is -0.650. The van der Waals surface area contributed by atoms with E-state index in [1.807, 2.05) is 0 Å². The van der Waals surface area contributed by atoms with Crippen LogP contribution in [0.5, 0.6) is 0 Å². The summed E-state index contributed by atoms with van der Waals surface area (Å²) in [6.07, 6.45) is 1.52. The number of carbonyl (C=O) groups excluding carboxylic acids is 1. The molecule has 5 heteroatoms. The van der Waals surface area contributed by atoms with Gasteiger partial charge in [0.2, 0.25) is 5.91 Å². The van der Waals surface area contributed by atoms with E-state index in [0.717, 1.165) is 32.7 Å². The van der Waals surface area contributed by atoms with Crippen LogP contribution < -0.4 is 11.1 Å². The maximum absolute atomic E-state index is 11.6. The van der Waals surface area contributed by atoms with Gasteiger partial charge in [0, 0.05) is 26.1 Å². The molecule has 2 unspecified atom stereocenters. The largest absolute Gasteiger partial charge is 0.379 e. The highest BCUT2D eigenvalue weighted by Gasteiger charge is 2.18. The number of amides is 1. The van der Waals surface area contributed by atoms with E-state index in [4.69, 9.17) is 10.5 Å². The van der Waals surface area contributed by atoms with Crippen molar-refractivity contribution >= 4 is 5.91 Å². The van der Waals surface area contributed by atoms with Crippen molar-refractivity contribution in [1.82, 2.24) is 10.2 Å². The van der Waals surface area contributed by atoms with Crippen LogP contribution in [-0.4, -0.2) is 49.8 Å². The van der Waals surface area contributed by atoms with E-state index >= 15 is 0 Å². The minimum Gasteiger partial charge on any atom is -0.379 e. The third kappa shape index (κ3) is 5.48. The molecular weight excluding hydrogens is 218 g/mol. The lowest BCUT2D eigenvalue weighted by Gasteiger charge is -2.32. The zero-order valence-electron chi connectivity index (χ0n) is 10.9. The maximum atomic E-state index is 11.6. The summed E-state index contributed by atoms with van der Waals surface area (Å²) in [5, 5.41) is 2.90. The zero-order valence-corrected chi connectivity index (χ0v) is 10.9. The molecule has 0 saturated carbocycles. The Morgan fingerprint density at radius 1 is 1.47 bits per heavy atom. The predicted molar refractivity (Wildman–Crippen MR) is 67.4 cm³/mol. The van der Waals surface area contributed by atoms with Gasteiger partial charge in [-0.3, -0.25) is 9.69 Å². The number of rotatable bonds is 6. The summed E-state index contributed by atoms with van der Waals surface area (Å²) in [4.78, 5) is 13.7. The van der Waals surface area contributed by atoms with Crippen LogP contribution in [0.1, 0.15) is 26.7 Å². The molecule has 1 fully saturated rings. The van der Waals surface area contributed by atoms with Gasteiger partial charge in [-0.2, -0.15) is 0 Å². The van der Waals surface area contributed by atoms with Crippen LogP contribution in [0.15, 0.2) is 0 Å². The fourth-order valence-corrected chi connectivity index (χ4v) is 1.79. The number of nitrogens with one attached hydrogen (secondary N) is 1. The Balaban J connectivity index is 2.17. The highest BCUT2D eigenvalue weighted by Crippen LogP contribution is 2.05. The molecular formula is C12H25N3O2. The first-order valence-electron chi connectivity index (χ1n) is 6.47. The van der Waals surface area contributed by atoms with Gasteiger partial charge in [0.05, 0.1) is 19.4 Å². The van der Waals surface area contributed by atoms with E-state index < -0.39 is 0 Å². The van der Waals surface area contributed by atoms with Gasteiger partial charge in [-0.1, -0.05) is 20.3 Å². The van der Waals surface area contributed by atoms with Crippen LogP contribution in [0, 0.1) is 5.92 Å². The summed E-state index contributed by atoms with van der Waals surface area (Å²) in [6.45, 7) is 7.86. The molecule has 1 saturated heterocycles. The van der Waals surface area contributed by atoms with E-state index in [-0.39, 0.29) is 12.1 Å². The molecule has 100 valence electrons. The van der Waals surface area contributed by atoms with Gasteiger partial charge in [-0.05, 0) is 5.92 Å². The van der Waals surface area contributed by atoms with Crippen molar-refractivity contribution in [2.24, 2.45) is 11.7 Å². The Bertz CT molecular complexity index is 230. The van der Waals surface area contributed by atoms with Crippen molar-refractivity contribution in [1.29, 1.82) is 0 Å². The second-order valence-electron chi connectivity index (χ2n) is 4.74. The second kappa shape index (κ2) is 7.63. The van der Waals surface area contributed by atoms with E-state index in [1.54, 1.807) is 0 Å². The van der Waals surface area contributed by atoms with E-state index in [2.05, 4.69) is 24.1 Å². The molecule has 2 atom stereocenters. The molecule has 5 nitrogen and oxygen atoms in total. The van der Waals surface area contributed by atoms with Crippen LogP contribution >= 0.6 is 0 Å². The van der Waals surface area contributed by atoms with Crippen LogP contribution in [0.4, 0.5) is 0 Å². The topological polar surface area (TPSA) is 67.6 Å². The summed E-state index contributed by atoms with van der Waals surface area (Å²) >= 11 is 0. The summed E-state index contributed by atoms with van der Waals surface area (Å²) in [6, 6.07) is 0. The third-order valence-electron chi connectivity index (χ3n) is 3.25. The quantitative estimate of drug-likeness (QED) is 0.697. The lowest BCUT2D eigenvalue weighted by molar-refractivity contribution is -0.122. The molecule has 0 aromatic rings. The molecule has 0 radical (unpaired) electrons. The Labute approximate surface area is 104 Å². The smallest absolute Gasteiger partial charge is 0.220 e. The molecule has 1 aliphatic heterocycles. The number of ether oxygens (including phenoxy) is 1. The molecule has 1 rings (SSSR count). The van der Waals surface area contributed by atoms with Crippen LogP contribution in [-0.2, 0) is 9.53 Å². The monoisotopic (exact) mass is 243 g/mol.